The summed E-state index contributed by atoms with van der Waals surface area (Å²) in [7, 11) is 1.96. The number of nitrogens with one attached hydrogen (secondary N) is 1. The minimum Gasteiger partial charge on any atom is -0.464 e. The Bertz CT molecular complexity index is 924. The van der Waals surface area contributed by atoms with E-state index in [1.165, 1.54) is 19.3 Å². The third-order valence-corrected chi connectivity index (χ3v) is 7.60. The molecule has 0 radical (unpaired) electrons. The van der Waals surface area contributed by atoms with Gasteiger partial charge in [-0.3, -0.25) is 9.69 Å². The lowest BCUT2D eigenvalue weighted by atomic mass is 9.88. The first-order chi connectivity index (χ1) is 16.0. The highest BCUT2D eigenvalue weighted by atomic mass is 35.5. The number of carbonyl (C=O) groups excluding carboxylic acids is 1. The van der Waals surface area contributed by atoms with E-state index in [1.807, 2.05) is 31.3 Å². The molecule has 1 N–H and O–H groups in total. The summed E-state index contributed by atoms with van der Waals surface area (Å²) >= 11 is 13.6. The molecule has 3 rings (SSSR count). The second-order valence-electron chi connectivity index (χ2n) is 8.23. The minimum absolute atomic E-state index is 0. The van der Waals surface area contributed by atoms with Crippen LogP contribution in [0.1, 0.15) is 37.7 Å². The van der Waals surface area contributed by atoms with Gasteiger partial charge in [-0.2, -0.15) is 0 Å². The highest BCUT2D eigenvalue weighted by Gasteiger charge is 2.28. The lowest BCUT2D eigenvalue weighted by Crippen LogP contribution is -2.38. The molecule has 1 atom stereocenters. The standard InChI is InChI=1S/C24H29Cl2N3O3S.ClH/c1-29(24(33-28-31)17-8-3-2-4-9-17)14-15-32-22(30)16-18-10-5-6-13-21(18)27-23-19(25)11-7-12-20(23)26;/h5-7,10-13,17,24,27H,2-4,8-9,14-16H2,1H3;1H. The van der Waals surface area contributed by atoms with Crippen molar-refractivity contribution in [1.82, 2.24) is 4.90 Å². The van der Waals surface area contributed by atoms with Gasteiger partial charge in [0.25, 0.3) is 0 Å². The lowest BCUT2D eigenvalue weighted by molar-refractivity contribution is -0.143. The van der Waals surface area contributed by atoms with Crippen molar-refractivity contribution in [3.63, 3.8) is 0 Å². The molecule has 1 aliphatic rings. The SMILES string of the molecule is CN(CCOC(=O)Cc1ccccc1Nc1c(Cl)cccc1Cl)C(SN=O)C1CCCCC1.Cl. The Morgan fingerprint density at radius 2 is 1.82 bits per heavy atom. The normalized spacial score (nSPS) is 14.8. The number of ether oxygens (including phenoxy) is 1. The Kier molecular flexibility index (Phi) is 12.5. The number of anilines is 2. The first kappa shape index (κ1) is 28.7. The number of hydrogen-bond donors (Lipinski definition) is 1. The largest absolute Gasteiger partial charge is 0.464 e. The molecule has 0 heterocycles. The molecular formula is C24H30Cl3N3O3S. The second kappa shape index (κ2) is 14.8. The van der Waals surface area contributed by atoms with Crippen LogP contribution in [0.15, 0.2) is 47.0 Å². The van der Waals surface area contributed by atoms with Gasteiger partial charge in [0.15, 0.2) is 0 Å². The van der Waals surface area contributed by atoms with Crippen molar-refractivity contribution in [2.45, 2.75) is 43.9 Å². The Hall–Kier alpha value is -1.51. The molecule has 0 aliphatic heterocycles. The van der Waals surface area contributed by atoms with E-state index in [-0.39, 0.29) is 36.8 Å². The summed E-state index contributed by atoms with van der Waals surface area (Å²) in [5.41, 5.74) is 2.12. The van der Waals surface area contributed by atoms with Crippen LogP contribution < -0.4 is 5.32 Å². The Morgan fingerprint density at radius 3 is 2.50 bits per heavy atom. The van der Waals surface area contributed by atoms with E-state index in [9.17, 15) is 9.70 Å². The van der Waals surface area contributed by atoms with Crippen molar-refractivity contribution in [3.8, 4) is 0 Å². The number of nitroso groups, excluding NO2 is 1. The quantitative estimate of drug-likeness (QED) is 0.136. The Balaban J connectivity index is 0.00000408. The smallest absolute Gasteiger partial charge is 0.310 e. The number of rotatable bonds is 11. The highest BCUT2D eigenvalue weighted by Crippen LogP contribution is 2.35. The summed E-state index contributed by atoms with van der Waals surface area (Å²) in [5.74, 6) is 0.120. The fourth-order valence-corrected chi connectivity index (χ4v) is 5.47. The molecule has 6 nitrogen and oxygen atoms in total. The van der Waals surface area contributed by atoms with E-state index < -0.39 is 0 Å². The van der Waals surface area contributed by atoms with Gasteiger partial charge in [0.2, 0.25) is 0 Å². The van der Waals surface area contributed by atoms with Crippen LogP contribution in [0.4, 0.5) is 11.4 Å². The van der Waals surface area contributed by atoms with Crippen molar-refractivity contribution in [2.24, 2.45) is 10.5 Å². The fraction of sp³-hybridized carbons (Fsp3) is 0.458. The van der Waals surface area contributed by atoms with Crippen molar-refractivity contribution in [3.05, 3.63) is 63.0 Å². The van der Waals surface area contributed by atoms with Crippen LogP contribution in [0.5, 0.6) is 0 Å². The van der Waals surface area contributed by atoms with Gasteiger partial charge in [0.05, 0.1) is 27.5 Å². The molecule has 10 heteroatoms. The van der Waals surface area contributed by atoms with Crippen LogP contribution in [0, 0.1) is 10.8 Å². The second-order valence-corrected chi connectivity index (χ2v) is 9.88. The van der Waals surface area contributed by atoms with E-state index in [1.54, 1.807) is 18.2 Å². The predicted octanol–water partition coefficient (Wildman–Crippen LogP) is 7.50. The van der Waals surface area contributed by atoms with Crippen LogP contribution >= 0.6 is 47.6 Å². The van der Waals surface area contributed by atoms with Crippen LogP contribution in [0.2, 0.25) is 10.0 Å². The van der Waals surface area contributed by atoms with E-state index in [0.717, 1.165) is 36.0 Å². The average Bonchev–Trinajstić information content (AvgIpc) is 2.81. The molecular weight excluding hydrogens is 517 g/mol. The maximum Gasteiger partial charge on any atom is 0.310 e. The maximum atomic E-state index is 12.5. The lowest BCUT2D eigenvalue weighted by Gasteiger charge is -2.34. The van der Waals surface area contributed by atoms with Crippen molar-refractivity contribution >= 4 is 64.9 Å². The van der Waals surface area contributed by atoms with Gasteiger partial charge in [-0.05, 0) is 49.6 Å². The number of halogens is 3. The summed E-state index contributed by atoms with van der Waals surface area (Å²) in [5, 5.41) is 4.25. The third kappa shape index (κ3) is 8.31. The van der Waals surface area contributed by atoms with Crippen molar-refractivity contribution < 1.29 is 9.53 Å². The molecule has 1 aliphatic carbocycles. The number of benzene rings is 2. The van der Waals surface area contributed by atoms with Gasteiger partial charge in [-0.15, -0.1) is 17.3 Å². The van der Waals surface area contributed by atoms with E-state index >= 15 is 0 Å². The molecule has 34 heavy (non-hydrogen) atoms. The first-order valence-corrected chi connectivity index (χ1v) is 12.7. The van der Waals surface area contributed by atoms with E-state index in [2.05, 4.69) is 14.8 Å². The molecule has 1 unspecified atom stereocenters. The summed E-state index contributed by atoms with van der Waals surface area (Å²) in [6, 6.07) is 12.8. The number of nitrogens with zero attached hydrogens (tertiary/aromatic N) is 2. The van der Waals surface area contributed by atoms with Gasteiger partial charge >= 0.3 is 5.97 Å². The van der Waals surface area contributed by atoms with Crippen LogP contribution in [-0.4, -0.2) is 36.4 Å². The van der Waals surface area contributed by atoms with Gasteiger partial charge < -0.3 is 10.1 Å². The fourth-order valence-electron chi connectivity index (χ4n) is 4.18. The predicted molar refractivity (Wildman–Crippen MR) is 144 cm³/mol. The zero-order valence-electron chi connectivity index (χ0n) is 19.0. The minimum atomic E-state index is -0.321. The summed E-state index contributed by atoms with van der Waals surface area (Å²) in [6.45, 7) is 0.800. The molecule has 0 spiro atoms. The number of likely N-dealkylation sites (N-methyl/N-ethyl adjacent to an activating group) is 1. The summed E-state index contributed by atoms with van der Waals surface area (Å²) in [4.78, 5) is 25.5. The number of hydrogen-bond acceptors (Lipinski definition) is 7. The van der Waals surface area contributed by atoms with Crippen LogP contribution in [0.3, 0.4) is 0 Å². The molecule has 0 bridgehead atoms. The topological polar surface area (TPSA) is 71.0 Å². The number of carbonyl (C=O) groups is 1. The Morgan fingerprint density at radius 1 is 1.15 bits per heavy atom. The molecule has 186 valence electrons. The summed E-state index contributed by atoms with van der Waals surface area (Å²) in [6.07, 6.45) is 5.97. The highest BCUT2D eigenvalue weighted by molar-refractivity contribution is 7.98. The average molecular weight is 547 g/mol. The molecule has 2 aromatic carbocycles. The van der Waals surface area contributed by atoms with Crippen molar-refractivity contribution in [1.29, 1.82) is 0 Å². The molecule has 0 saturated heterocycles. The van der Waals surface area contributed by atoms with Gasteiger partial charge in [-0.1, -0.05) is 66.7 Å². The third-order valence-electron chi connectivity index (χ3n) is 5.92. The number of para-hydroxylation sites is 2. The molecule has 1 saturated carbocycles. The van der Waals surface area contributed by atoms with E-state index in [0.29, 0.717) is 28.2 Å². The summed E-state index contributed by atoms with van der Waals surface area (Å²) < 4.78 is 8.59. The molecule has 1 fully saturated rings. The molecule has 2 aromatic rings. The zero-order chi connectivity index (χ0) is 23.6. The Labute approximate surface area is 221 Å². The number of esters is 1. The molecule has 0 aromatic heterocycles. The van der Waals surface area contributed by atoms with Gasteiger partial charge in [0.1, 0.15) is 6.61 Å². The van der Waals surface area contributed by atoms with Crippen LogP contribution in [0.25, 0.3) is 0 Å². The zero-order valence-corrected chi connectivity index (χ0v) is 22.2. The van der Waals surface area contributed by atoms with Gasteiger partial charge in [-0.25, -0.2) is 0 Å². The molecule has 0 amide bonds. The van der Waals surface area contributed by atoms with Gasteiger partial charge in [0, 0.05) is 28.8 Å². The maximum absolute atomic E-state index is 12.5. The van der Waals surface area contributed by atoms with Crippen molar-refractivity contribution in [2.75, 3.05) is 25.5 Å². The monoisotopic (exact) mass is 545 g/mol. The first-order valence-electron chi connectivity index (χ1n) is 11.1. The van der Waals surface area contributed by atoms with Crippen LogP contribution in [-0.2, 0) is 16.0 Å². The van der Waals surface area contributed by atoms with E-state index in [4.69, 9.17) is 27.9 Å².